The van der Waals surface area contributed by atoms with Gasteiger partial charge in [-0.1, -0.05) is 12.1 Å². The third-order valence-electron chi connectivity index (χ3n) is 4.00. The van der Waals surface area contributed by atoms with Crippen molar-refractivity contribution >= 4 is 29.8 Å². The summed E-state index contributed by atoms with van der Waals surface area (Å²) in [5.41, 5.74) is 7.03. The van der Waals surface area contributed by atoms with Gasteiger partial charge in [-0.15, -0.1) is 12.4 Å². The number of ketones is 1. The van der Waals surface area contributed by atoms with Crippen molar-refractivity contribution in [3.05, 3.63) is 29.8 Å². The first-order chi connectivity index (χ1) is 9.97. The van der Waals surface area contributed by atoms with Crippen LogP contribution in [0.25, 0.3) is 0 Å². The van der Waals surface area contributed by atoms with Crippen LogP contribution in [0.4, 0.5) is 5.69 Å². The van der Waals surface area contributed by atoms with Crippen molar-refractivity contribution in [2.45, 2.75) is 26.3 Å². The summed E-state index contributed by atoms with van der Waals surface area (Å²) in [6, 6.07) is 7.24. The van der Waals surface area contributed by atoms with E-state index in [1.54, 1.807) is 18.2 Å². The molecule has 2 unspecified atom stereocenters. The summed E-state index contributed by atoms with van der Waals surface area (Å²) in [6.07, 6.45) is 1.04. The van der Waals surface area contributed by atoms with E-state index in [0.29, 0.717) is 23.7 Å². The minimum absolute atomic E-state index is 0. The van der Waals surface area contributed by atoms with Crippen LogP contribution in [0.3, 0.4) is 0 Å². The minimum atomic E-state index is -0.0889. The third kappa shape index (κ3) is 4.80. The molecule has 0 radical (unpaired) electrons. The highest BCUT2D eigenvalue weighted by Gasteiger charge is 2.26. The molecule has 2 rings (SSSR count). The maximum Gasteiger partial charge on any atom is 0.238 e. The third-order valence-corrected chi connectivity index (χ3v) is 4.00. The maximum absolute atomic E-state index is 12.1. The fourth-order valence-electron chi connectivity index (χ4n) is 2.73. The average molecular weight is 326 g/mol. The number of rotatable bonds is 5. The number of nitrogens with zero attached hydrogens (tertiary/aromatic N) is 1. The zero-order chi connectivity index (χ0) is 15.4. The lowest BCUT2D eigenvalue weighted by molar-refractivity contribution is -0.117. The number of hydrogen-bond donors (Lipinski definition) is 2. The highest BCUT2D eigenvalue weighted by Crippen LogP contribution is 2.19. The number of Topliss-reactive ketones (excluding diaryl/α,β-unsaturated/α-hetero) is 1. The standard InChI is InChI=1S/C16H23N3O2.ClH/c1-11(17)13-7-8-19(9-13)10-16(21)18-15-6-4-3-5-14(15)12(2)20;/h3-6,11,13H,7-10,17H2,1-2H3,(H,18,21);1H. The van der Waals surface area contributed by atoms with Crippen molar-refractivity contribution in [1.82, 2.24) is 4.90 Å². The van der Waals surface area contributed by atoms with E-state index in [9.17, 15) is 9.59 Å². The summed E-state index contributed by atoms with van der Waals surface area (Å²) < 4.78 is 0. The average Bonchev–Trinajstić information content (AvgIpc) is 2.87. The van der Waals surface area contributed by atoms with Crippen LogP contribution in [0.5, 0.6) is 0 Å². The first-order valence-corrected chi connectivity index (χ1v) is 7.35. The highest BCUT2D eigenvalue weighted by molar-refractivity contribution is 6.04. The van der Waals surface area contributed by atoms with E-state index >= 15 is 0 Å². The van der Waals surface area contributed by atoms with E-state index in [4.69, 9.17) is 5.73 Å². The Bertz CT molecular complexity index is 534. The second-order valence-electron chi connectivity index (χ2n) is 5.79. The molecule has 3 N–H and O–H groups in total. The molecule has 1 saturated heterocycles. The lowest BCUT2D eigenvalue weighted by Crippen LogP contribution is -2.34. The molecule has 6 heteroatoms. The zero-order valence-electron chi connectivity index (χ0n) is 13.0. The lowest BCUT2D eigenvalue weighted by atomic mass is 10.0. The Morgan fingerprint density at radius 3 is 2.68 bits per heavy atom. The molecule has 0 aromatic heterocycles. The summed E-state index contributed by atoms with van der Waals surface area (Å²) in [4.78, 5) is 25.8. The van der Waals surface area contributed by atoms with Crippen LogP contribution in [0.1, 0.15) is 30.6 Å². The molecule has 1 aliphatic rings. The number of hydrogen-bond acceptors (Lipinski definition) is 4. The zero-order valence-corrected chi connectivity index (χ0v) is 13.9. The smallest absolute Gasteiger partial charge is 0.238 e. The van der Waals surface area contributed by atoms with Gasteiger partial charge >= 0.3 is 0 Å². The molecule has 1 aliphatic heterocycles. The first-order valence-electron chi connectivity index (χ1n) is 7.35. The van der Waals surface area contributed by atoms with E-state index in [1.165, 1.54) is 6.92 Å². The Labute approximate surface area is 137 Å². The predicted octanol–water partition coefficient (Wildman–Crippen LogP) is 1.92. The van der Waals surface area contributed by atoms with E-state index in [0.717, 1.165) is 19.5 Å². The summed E-state index contributed by atoms with van der Waals surface area (Å²) in [5, 5.41) is 2.83. The number of nitrogens with two attached hydrogens (primary N) is 1. The second kappa shape index (κ2) is 8.27. The molecule has 2 atom stereocenters. The molecule has 0 aliphatic carbocycles. The van der Waals surface area contributed by atoms with Gasteiger partial charge in [0.25, 0.3) is 0 Å². The number of amides is 1. The van der Waals surface area contributed by atoms with Crippen LogP contribution in [-0.4, -0.2) is 42.3 Å². The number of anilines is 1. The van der Waals surface area contributed by atoms with Crippen molar-refractivity contribution in [1.29, 1.82) is 0 Å². The van der Waals surface area contributed by atoms with E-state index < -0.39 is 0 Å². The number of likely N-dealkylation sites (tertiary alicyclic amines) is 1. The van der Waals surface area contributed by atoms with E-state index in [-0.39, 0.29) is 30.1 Å². The van der Waals surface area contributed by atoms with Gasteiger partial charge in [-0.05, 0) is 44.9 Å². The molecule has 122 valence electrons. The van der Waals surface area contributed by atoms with Crippen molar-refractivity contribution in [3.63, 3.8) is 0 Å². The number of halogens is 1. The van der Waals surface area contributed by atoms with Crippen LogP contribution in [-0.2, 0) is 4.79 Å². The molecule has 1 aromatic carbocycles. The number of benzene rings is 1. The Morgan fingerprint density at radius 2 is 2.09 bits per heavy atom. The fourth-order valence-corrected chi connectivity index (χ4v) is 2.73. The van der Waals surface area contributed by atoms with E-state index in [1.807, 2.05) is 13.0 Å². The first kappa shape index (κ1) is 18.6. The number of nitrogens with one attached hydrogen (secondary N) is 1. The number of para-hydroxylation sites is 1. The van der Waals surface area contributed by atoms with Gasteiger partial charge in [0.05, 0.1) is 12.2 Å². The van der Waals surface area contributed by atoms with Crippen molar-refractivity contribution in [2.24, 2.45) is 11.7 Å². The molecule has 0 bridgehead atoms. The van der Waals surface area contributed by atoms with Crippen LogP contribution >= 0.6 is 12.4 Å². The summed E-state index contributed by atoms with van der Waals surface area (Å²) >= 11 is 0. The number of carbonyl (C=O) groups is 2. The summed E-state index contributed by atoms with van der Waals surface area (Å²) in [6.45, 7) is 5.61. The highest BCUT2D eigenvalue weighted by atomic mass is 35.5. The fraction of sp³-hybridized carbons (Fsp3) is 0.500. The van der Waals surface area contributed by atoms with Gasteiger partial charge in [-0.25, -0.2) is 0 Å². The Hall–Kier alpha value is -1.43. The topological polar surface area (TPSA) is 75.4 Å². The largest absolute Gasteiger partial charge is 0.328 e. The second-order valence-corrected chi connectivity index (χ2v) is 5.79. The maximum atomic E-state index is 12.1. The number of carbonyl (C=O) groups excluding carboxylic acids is 2. The predicted molar refractivity (Wildman–Crippen MR) is 90.5 cm³/mol. The molecular weight excluding hydrogens is 302 g/mol. The molecular formula is C16H24ClN3O2. The molecule has 22 heavy (non-hydrogen) atoms. The molecule has 1 aromatic rings. The van der Waals surface area contributed by atoms with Gasteiger partial charge in [0.15, 0.2) is 5.78 Å². The van der Waals surface area contributed by atoms with Crippen molar-refractivity contribution < 1.29 is 9.59 Å². The lowest BCUT2D eigenvalue weighted by Gasteiger charge is -2.17. The van der Waals surface area contributed by atoms with Gasteiger partial charge in [-0.3, -0.25) is 14.5 Å². The summed E-state index contributed by atoms with van der Waals surface area (Å²) in [5.74, 6) is 0.320. The quantitative estimate of drug-likeness (QED) is 0.811. The van der Waals surface area contributed by atoms with Crippen molar-refractivity contribution in [3.8, 4) is 0 Å². The van der Waals surface area contributed by atoms with Crippen LogP contribution in [0, 0.1) is 5.92 Å². The SMILES string of the molecule is CC(=O)c1ccccc1NC(=O)CN1CCC(C(C)N)C1.Cl. The van der Waals surface area contributed by atoms with Crippen LogP contribution in [0.15, 0.2) is 24.3 Å². The van der Waals surface area contributed by atoms with Gasteiger partial charge in [-0.2, -0.15) is 0 Å². The van der Waals surface area contributed by atoms with Gasteiger partial charge in [0.2, 0.25) is 5.91 Å². The van der Waals surface area contributed by atoms with Crippen LogP contribution in [0.2, 0.25) is 0 Å². The van der Waals surface area contributed by atoms with Crippen LogP contribution < -0.4 is 11.1 Å². The Morgan fingerprint density at radius 1 is 1.41 bits per heavy atom. The van der Waals surface area contributed by atoms with Gasteiger partial charge in [0, 0.05) is 18.2 Å². The monoisotopic (exact) mass is 325 g/mol. The molecule has 0 spiro atoms. The molecule has 1 fully saturated rings. The normalized spacial score (nSPS) is 19.3. The molecule has 0 saturated carbocycles. The Balaban J connectivity index is 0.00000242. The molecule has 5 nitrogen and oxygen atoms in total. The van der Waals surface area contributed by atoms with E-state index in [2.05, 4.69) is 10.2 Å². The summed E-state index contributed by atoms with van der Waals surface area (Å²) in [7, 11) is 0. The Kier molecular flexibility index (Phi) is 7.00. The van der Waals surface area contributed by atoms with Gasteiger partial charge < -0.3 is 11.1 Å². The minimum Gasteiger partial charge on any atom is -0.328 e. The van der Waals surface area contributed by atoms with Crippen molar-refractivity contribution in [2.75, 3.05) is 25.0 Å². The van der Waals surface area contributed by atoms with Gasteiger partial charge in [0.1, 0.15) is 0 Å². The molecule has 1 amide bonds. The molecule has 1 heterocycles.